The van der Waals surface area contributed by atoms with Crippen LogP contribution in [0.4, 0.5) is 0 Å². The lowest BCUT2D eigenvalue weighted by Gasteiger charge is -2.34. The first-order chi connectivity index (χ1) is 30.7. The predicted octanol–water partition coefficient (Wildman–Crippen LogP) is 15.1. The first kappa shape index (κ1) is 35.8. The maximum Gasteiger partial charge on any atom is 0.160 e. The Morgan fingerprint density at radius 2 is 0.871 bits per heavy atom. The van der Waals surface area contributed by atoms with Gasteiger partial charge in [-0.2, -0.15) is 0 Å². The van der Waals surface area contributed by atoms with Crippen molar-refractivity contribution in [3.05, 3.63) is 253 Å². The third kappa shape index (κ3) is 5.67. The Balaban J connectivity index is 0.988. The van der Waals surface area contributed by atoms with E-state index in [-0.39, 0.29) is 0 Å². The molecule has 2 aromatic heterocycles. The molecule has 290 valence electrons. The van der Waals surface area contributed by atoms with E-state index < -0.39 is 5.41 Å². The summed E-state index contributed by atoms with van der Waals surface area (Å²) in [7, 11) is 0. The number of fused-ring (bicyclic) bond motifs is 6. The van der Waals surface area contributed by atoms with Crippen LogP contribution in [0.25, 0.3) is 89.2 Å². The number of rotatable bonds is 7. The summed E-state index contributed by atoms with van der Waals surface area (Å²) in [5, 5.41) is 2.25. The van der Waals surface area contributed by atoms with E-state index in [4.69, 9.17) is 14.4 Å². The van der Waals surface area contributed by atoms with E-state index in [9.17, 15) is 0 Å². The van der Waals surface area contributed by atoms with E-state index >= 15 is 0 Å². The zero-order valence-electron chi connectivity index (χ0n) is 33.7. The van der Waals surface area contributed by atoms with Crippen molar-refractivity contribution in [2.75, 3.05) is 0 Å². The summed E-state index contributed by atoms with van der Waals surface area (Å²) in [5.41, 5.74) is 18.1. The molecule has 0 saturated heterocycles. The third-order valence-electron chi connectivity index (χ3n) is 12.6. The van der Waals surface area contributed by atoms with E-state index in [1.165, 1.54) is 38.9 Å². The largest absolute Gasteiger partial charge is 0.455 e. The highest BCUT2D eigenvalue weighted by molar-refractivity contribution is 6.09. The Labute approximate surface area is 360 Å². The second kappa shape index (κ2) is 14.5. The van der Waals surface area contributed by atoms with Gasteiger partial charge in [0.15, 0.2) is 5.82 Å². The number of aromatic nitrogens is 2. The Morgan fingerprint density at radius 3 is 1.65 bits per heavy atom. The van der Waals surface area contributed by atoms with Crippen LogP contribution in [-0.2, 0) is 5.41 Å². The molecule has 0 aliphatic heterocycles. The van der Waals surface area contributed by atoms with Crippen LogP contribution in [0.2, 0.25) is 0 Å². The van der Waals surface area contributed by atoms with Crippen LogP contribution in [0, 0.1) is 0 Å². The molecule has 2 heterocycles. The molecule has 62 heavy (non-hydrogen) atoms. The molecule has 11 aromatic rings. The molecule has 0 spiro atoms. The minimum Gasteiger partial charge on any atom is -0.455 e. The van der Waals surface area contributed by atoms with Crippen LogP contribution in [0.15, 0.2) is 235 Å². The molecule has 0 fully saturated rings. The molecule has 1 aliphatic carbocycles. The number of hydrogen-bond donors (Lipinski definition) is 0. The lowest BCUT2D eigenvalue weighted by molar-refractivity contribution is 0.670. The van der Waals surface area contributed by atoms with Gasteiger partial charge in [-0.25, -0.2) is 9.97 Å². The van der Waals surface area contributed by atoms with Gasteiger partial charge >= 0.3 is 0 Å². The quantitative estimate of drug-likeness (QED) is 0.161. The van der Waals surface area contributed by atoms with Crippen LogP contribution >= 0.6 is 0 Å². The fourth-order valence-corrected chi connectivity index (χ4v) is 9.83. The van der Waals surface area contributed by atoms with Crippen molar-refractivity contribution in [1.82, 2.24) is 9.97 Å². The second-order valence-corrected chi connectivity index (χ2v) is 16.0. The lowest BCUT2D eigenvalue weighted by Crippen LogP contribution is -2.28. The van der Waals surface area contributed by atoms with Gasteiger partial charge in [0.1, 0.15) is 11.2 Å². The van der Waals surface area contributed by atoms with Crippen molar-refractivity contribution in [3.63, 3.8) is 0 Å². The van der Waals surface area contributed by atoms with Gasteiger partial charge in [-0.05, 0) is 68.3 Å². The lowest BCUT2D eigenvalue weighted by atomic mass is 9.67. The third-order valence-corrected chi connectivity index (χ3v) is 12.6. The summed E-state index contributed by atoms with van der Waals surface area (Å²) in [6.45, 7) is 0. The van der Waals surface area contributed by atoms with Gasteiger partial charge < -0.3 is 4.42 Å². The van der Waals surface area contributed by atoms with Crippen LogP contribution in [0.1, 0.15) is 22.3 Å². The Kier molecular flexibility index (Phi) is 8.39. The number of furan rings is 1. The zero-order valence-corrected chi connectivity index (χ0v) is 33.7. The van der Waals surface area contributed by atoms with Crippen LogP contribution in [0.3, 0.4) is 0 Å². The van der Waals surface area contributed by atoms with Gasteiger partial charge in [-0.15, -0.1) is 0 Å². The summed E-state index contributed by atoms with van der Waals surface area (Å²) >= 11 is 0. The summed E-state index contributed by atoms with van der Waals surface area (Å²) in [6.07, 6.45) is 0. The fourth-order valence-electron chi connectivity index (χ4n) is 9.83. The number of benzene rings is 9. The predicted molar refractivity (Wildman–Crippen MR) is 254 cm³/mol. The monoisotopic (exact) mass is 790 g/mol. The molecule has 0 unspecified atom stereocenters. The highest BCUT2D eigenvalue weighted by Crippen LogP contribution is 2.58. The molecular weight excluding hydrogens is 753 g/mol. The summed E-state index contributed by atoms with van der Waals surface area (Å²) in [4.78, 5) is 10.4. The molecule has 0 amide bonds. The van der Waals surface area contributed by atoms with E-state index in [0.29, 0.717) is 5.82 Å². The maximum atomic E-state index is 6.40. The number of nitrogens with zero attached hydrogens (tertiary/aromatic N) is 2. The van der Waals surface area contributed by atoms with E-state index in [0.717, 1.165) is 66.7 Å². The van der Waals surface area contributed by atoms with Gasteiger partial charge in [-0.1, -0.05) is 212 Å². The van der Waals surface area contributed by atoms with Crippen molar-refractivity contribution in [2.24, 2.45) is 0 Å². The summed E-state index contributed by atoms with van der Waals surface area (Å²) in [5.74, 6) is 0.685. The van der Waals surface area contributed by atoms with Gasteiger partial charge in [0.2, 0.25) is 0 Å². The highest BCUT2D eigenvalue weighted by Gasteiger charge is 2.46. The van der Waals surface area contributed by atoms with Gasteiger partial charge in [0.25, 0.3) is 0 Å². The molecule has 12 rings (SSSR count). The first-order valence-electron chi connectivity index (χ1n) is 21.1. The molecule has 0 saturated carbocycles. The van der Waals surface area contributed by atoms with Gasteiger partial charge in [-0.3, -0.25) is 0 Å². The standard InChI is InChI=1S/C59H38N2O/c1-4-17-41(18-5-1)58-60-53(40-35-33-39(34-36-40)47-28-15-29-49-48-25-11-13-32-55(48)62-57(47)49)38-54(61-58)43-20-14-19-42(37-43)46-27-16-31-52-56(46)50-26-10-12-30-51(50)59(52,44-21-6-2-7-22-44)45-23-8-3-9-24-45/h1-38H. The van der Waals surface area contributed by atoms with Crippen molar-refractivity contribution in [2.45, 2.75) is 5.41 Å². The smallest absolute Gasteiger partial charge is 0.160 e. The normalized spacial score (nSPS) is 12.6. The van der Waals surface area contributed by atoms with Crippen molar-refractivity contribution < 1.29 is 4.42 Å². The van der Waals surface area contributed by atoms with Crippen molar-refractivity contribution in [1.29, 1.82) is 0 Å². The van der Waals surface area contributed by atoms with Gasteiger partial charge in [0.05, 0.1) is 16.8 Å². The maximum absolute atomic E-state index is 6.40. The average Bonchev–Trinajstić information content (AvgIpc) is 3.89. The molecule has 3 nitrogen and oxygen atoms in total. The van der Waals surface area contributed by atoms with Crippen molar-refractivity contribution in [3.8, 4) is 67.3 Å². The van der Waals surface area contributed by atoms with Gasteiger partial charge in [0, 0.05) is 33.0 Å². The molecule has 3 heteroatoms. The molecule has 0 N–H and O–H groups in total. The highest BCUT2D eigenvalue weighted by atomic mass is 16.3. The summed E-state index contributed by atoms with van der Waals surface area (Å²) in [6, 6.07) is 82.2. The van der Waals surface area contributed by atoms with Crippen LogP contribution < -0.4 is 0 Å². The van der Waals surface area contributed by atoms with Crippen LogP contribution in [-0.4, -0.2) is 9.97 Å². The molecule has 0 radical (unpaired) electrons. The van der Waals surface area contributed by atoms with E-state index in [2.05, 4.69) is 200 Å². The first-order valence-corrected chi connectivity index (χ1v) is 21.1. The molecular formula is C59H38N2O. The van der Waals surface area contributed by atoms with Crippen molar-refractivity contribution >= 4 is 21.9 Å². The average molecular weight is 791 g/mol. The molecule has 9 aromatic carbocycles. The van der Waals surface area contributed by atoms with E-state index in [1.54, 1.807) is 0 Å². The molecule has 0 bridgehead atoms. The number of hydrogen-bond acceptors (Lipinski definition) is 3. The molecule has 1 aliphatic rings. The Morgan fingerprint density at radius 1 is 0.339 bits per heavy atom. The Hall–Kier alpha value is -8.14. The topological polar surface area (TPSA) is 38.9 Å². The minimum absolute atomic E-state index is 0.470. The minimum atomic E-state index is -0.470. The second-order valence-electron chi connectivity index (χ2n) is 16.0. The molecule has 0 atom stereocenters. The fraction of sp³-hybridized carbons (Fsp3) is 0.0169. The van der Waals surface area contributed by atoms with Crippen LogP contribution in [0.5, 0.6) is 0 Å². The zero-order chi connectivity index (χ0) is 41.0. The Bertz CT molecular complexity index is 3400. The SMILES string of the molecule is c1ccc(-c2nc(-c3ccc(-c4cccc5c4oc4ccccc45)cc3)cc(-c3cccc(-c4cccc5c4-c4ccccc4C5(c4ccccc4)c4ccccc4)c3)n2)cc1. The summed E-state index contributed by atoms with van der Waals surface area (Å²) < 4.78 is 6.40. The number of para-hydroxylation sites is 2. The van der Waals surface area contributed by atoms with E-state index in [1.807, 2.05) is 30.3 Å².